The first-order valence-electron chi connectivity index (χ1n) is 4.44. The summed E-state index contributed by atoms with van der Waals surface area (Å²) in [5, 5.41) is 2.88. The van der Waals surface area contributed by atoms with Crippen molar-refractivity contribution in [1.82, 2.24) is 10.4 Å². The normalized spacial score (nSPS) is 16.1. The molecule has 2 heterocycles. The lowest BCUT2D eigenvalue weighted by atomic mass is 10.4. The van der Waals surface area contributed by atoms with Crippen molar-refractivity contribution in [3.63, 3.8) is 0 Å². The van der Waals surface area contributed by atoms with Crippen LogP contribution in [0.4, 0.5) is 0 Å². The van der Waals surface area contributed by atoms with Crippen LogP contribution in [0.2, 0.25) is 0 Å². The van der Waals surface area contributed by atoms with Gasteiger partial charge in [-0.15, -0.1) is 23.1 Å². The Hall–Kier alpha value is -0.630. The molecule has 82 valence electrons. The van der Waals surface area contributed by atoms with Gasteiger partial charge in [0.15, 0.2) is 5.01 Å². The number of carbonyl (C=O) groups is 1. The van der Waals surface area contributed by atoms with Gasteiger partial charge in [-0.05, 0) is 0 Å². The second-order valence-corrected chi connectivity index (χ2v) is 5.23. The molecule has 0 radical (unpaired) electrons. The summed E-state index contributed by atoms with van der Waals surface area (Å²) < 4.78 is 5.06. The van der Waals surface area contributed by atoms with E-state index in [1.165, 1.54) is 11.3 Å². The second-order valence-electron chi connectivity index (χ2n) is 3.09. The van der Waals surface area contributed by atoms with E-state index in [0.29, 0.717) is 10.3 Å². The van der Waals surface area contributed by atoms with Crippen LogP contribution in [0.5, 0.6) is 0 Å². The minimum absolute atomic E-state index is 0.330. The average Bonchev–Trinajstić information content (AvgIpc) is 2.63. The second kappa shape index (κ2) is 4.93. The lowest BCUT2D eigenvalue weighted by Crippen LogP contribution is -2.30. The number of thiazole rings is 1. The molecule has 0 unspecified atom stereocenters. The first kappa shape index (κ1) is 10.9. The van der Waals surface area contributed by atoms with Crippen LogP contribution in [0.1, 0.15) is 15.5 Å². The molecule has 7 heteroatoms. The molecule has 15 heavy (non-hydrogen) atoms. The van der Waals surface area contributed by atoms with E-state index in [1.54, 1.807) is 11.8 Å². The summed E-state index contributed by atoms with van der Waals surface area (Å²) in [7, 11) is 0. The van der Waals surface area contributed by atoms with E-state index in [-0.39, 0.29) is 5.91 Å². The standard InChI is InChI=1S/C8H11N3O2S2/c9-11-7(12)8-10-5(4-15-8)3-14-6-1-13-2-6/h4,6H,1-3,9H2,(H,11,12). The molecule has 0 bridgehead atoms. The molecule has 0 aromatic carbocycles. The topological polar surface area (TPSA) is 77.2 Å². The van der Waals surface area contributed by atoms with Crippen molar-refractivity contribution in [3.05, 3.63) is 16.1 Å². The van der Waals surface area contributed by atoms with E-state index in [2.05, 4.69) is 10.4 Å². The van der Waals surface area contributed by atoms with Gasteiger partial charge in [0.05, 0.1) is 24.2 Å². The van der Waals surface area contributed by atoms with Crippen LogP contribution in [0.25, 0.3) is 0 Å². The van der Waals surface area contributed by atoms with Crippen LogP contribution >= 0.6 is 23.1 Å². The van der Waals surface area contributed by atoms with Gasteiger partial charge in [0.1, 0.15) is 0 Å². The minimum Gasteiger partial charge on any atom is -0.379 e. The number of rotatable bonds is 4. The number of hydrazine groups is 1. The molecule has 0 aliphatic carbocycles. The zero-order valence-electron chi connectivity index (χ0n) is 7.93. The van der Waals surface area contributed by atoms with E-state index in [4.69, 9.17) is 10.6 Å². The molecule has 0 saturated carbocycles. The van der Waals surface area contributed by atoms with Crippen molar-refractivity contribution in [3.8, 4) is 0 Å². The summed E-state index contributed by atoms with van der Waals surface area (Å²) in [5.41, 5.74) is 2.99. The van der Waals surface area contributed by atoms with Crippen LogP contribution in [0.3, 0.4) is 0 Å². The maximum Gasteiger partial charge on any atom is 0.294 e. The van der Waals surface area contributed by atoms with Crippen LogP contribution in [0.15, 0.2) is 5.38 Å². The molecule has 1 aliphatic rings. The highest BCUT2D eigenvalue weighted by atomic mass is 32.2. The van der Waals surface area contributed by atoms with E-state index in [1.807, 2.05) is 5.38 Å². The third kappa shape index (κ3) is 2.69. The zero-order valence-corrected chi connectivity index (χ0v) is 9.57. The highest BCUT2D eigenvalue weighted by molar-refractivity contribution is 7.99. The number of thioether (sulfide) groups is 1. The molecular weight excluding hydrogens is 234 g/mol. The molecule has 3 N–H and O–H groups in total. The first-order valence-corrected chi connectivity index (χ1v) is 6.37. The predicted octanol–water partition coefficient (Wildman–Crippen LogP) is 0.379. The van der Waals surface area contributed by atoms with Crippen LogP contribution in [0, 0.1) is 0 Å². The molecule has 1 amide bonds. The Morgan fingerprint density at radius 1 is 1.80 bits per heavy atom. The molecule has 1 saturated heterocycles. The number of hydrogen-bond acceptors (Lipinski definition) is 6. The molecule has 5 nitrogen and oxygen atoms in total. The average molecular weight is 245 g/mol. The number of nitrogens with zero attached hydrogens (tertiary/aromatic N) is 1. The molecule has 1 fully saturated rings. The van der Waals surface area contributed by atoms with E-state index < -0.39 is 0 Å². The van der Waals surface area contributed by atoms with Gasteiger partial charge in [-0.25, -0.2) is 10.8 Å². The van der Waals surface area contributed by atoms with E-state index in [0.717, 1.165) is 24.7 Å². The van der Waals surface area contributed by atoms with Crippen molar-refractivity contribution in [2.24, 2.45) is 5.84 Å². The summed E-state index contributed by atoms with van der Waals surface area (Å²) in [4.78, 5) is 15.3. The van der Waals surface area contributed by atoms with E-state index >= 15 is 0 Å². The number of nitrogens with one attached hydrogen (secondary N) is 1. The lowest BCUT2D eigenvalue weighted by Gasteiger charge is -2.24. The number of nitrogen functional groups attached to an aromatic ring is 1. The summed E-state index contributed by atoms with van der Waals surface area (Å²) in [6, 6.07) is 0. The van der Waals surface area contributed by atoms with Crippen molar-refractivity contribution < 1.29 is 9.53 Å². The van der Waals surface area contributed by atoms with Crippen molar-refractivity contribution in [2.45, 2.75) is 11.0 Å². The summed E-state index contributed by atoms with van der Waals surface area (Å²) in [6.07, 6.45) is 0. The fraction of sp³-hybridized carbons (Fsp3) is 0.500. The lowest BCUT2D eigenvalue weighted by molar-refractivity contribution is 0.0455. The first-order chi connectivity index (χ1) is 7.29. The molecule has 1 aromatic rings. The van der Waals surface area contributed by atoms with Crippen LogP contribution < -0.4 is 11.3 Å². The Balaban J connectivity index is 1.86. The third-order valence-corrected chi connectivity index (χ3v) is 4.05. The van der Waals surface area contributed by atoms with Gasteiger partial charge in [-0.2, -0.15) is 0 Å². The number of amides is 1. The smallest absolute Gasteiger partial charge is 0.294 e. The molecular formula is C8H11N3O2S2. The Bertz CT molecular complexity index is 351. The summed E-state index contributed by atoms with van der Waals surface area (Å²) in [5.74, 6) is 5.50. The monoisotopic (exact) mass is 245 g/mol. The van der Waals surface area contributed by atoms with Crippen molar-refractivity contribution in [1.29, 1.82) is 0 Å². The Kier molecular flexibility index (Phi) is 3.57. The zero-order chi connectivity index (χ0) is 10.7. The molecule has 0 spiro atoms. The fourth-order valence-corrected chi connectivity index (χ4v) is 2.82. The van der Waals surface area contributed by atoms with Crippen molar-refractivity contribution in [2.75, 3.05) is 13.2 Å². The Labute approximate surface area is 95.4 Å². The Morgan fingerprint density at radius 2 is 2.60 bits per heavy atom. The van der Waals surface area contributed by atoms with Gasteiger partial charge in [0.25, 0.3) is 5.91 Å². The molecule has 2 rings (SSSR count). The Morgan fingerprint density at radius 3 is 3.20 bits per heavy atom. The SMILES string of the molecule is NNC(=O)c1nc(CSC2COC2)cs1. The van der Waals surface area contributed by atoms with Gasteiger partial charge < -0.3 is 4.74 Å². The van der Waals surface area contributed by atoms with E-state index in [9.17, 15) is 4.79 Å². The number of nitrogens with two attached hydrogens (primary N) is 1. The van der Waals surface area contributed by atoms with Crippen molar-refractivity contribution >= 4 is 29.0 Å². The number of aromatic nitrogens is 1. The third-order valence-electron chi connectivity index (χ3n) is 1.95. The highest BCUT2D eigenvalue weighted by Crippen LogP contribution is 2.24. The fourth-order valence-electron chi connectivity index (χ4n) is 1.05. The number of carbonyl (C=O) groups excluding carboxylic acids is 1. The molecule has 1 aromatic heterocycles. The quantitative estimate of drug-likeness (QED) is 0.455. The van der Waals surface area contributed by atoms with Gasteiger partial charge in [-0.3, -0.25) is 10.2 Å². The van der Waals surface area contributed by atoms with Gasteiger partial charge in [0, 0.05) is 11.1 Å². The summed E-state index contributed by atoms with van der Waals surface area (Å²) in [6.45, 7) is 1.65. The number of hydrogen-bond donors (Lipinski definition) is 2. The van der Waals surface area contributed by atoms with Crippen LogP contribution in [-0.2, 0) is 10.5 Å². The largest absolute Gasteiger partial charge is 0.379 e. The van der Waals surface area contributed by atoms with Gasteiger partial charge in [-0.1, -0.05) is 0 Å². The summed E-state index contributed by atoms with van der Waals surface area (Å²) >= 11 is 3.12. The molecule has 0 atom stereocenters. The predicted molar refractivity (Wildman–Crippen MR) is 59.7 cm³/mol. The molecule has 1 aliphatic heterocycles. The van der Waals surface area contributed by atoms with Gasteiger partial charge in [0.2, 0.25) is 0 Å². The minimum atomic E-state index is -0.330. The maximum absolute atomic E-state index is 11.1. The van der Waals surface area contributed by atoms with Gasteiger partial charge >= 0.3 is 0 Å². The highest BCUT2D eigenvalue weighted by Gasteiger charge is 2.19. The number of ether oxygens (including phenoxy) is 1. The van der Waals surface area contributed by atoms with Crippen LogP contribution in [-0.4, -0.2) is 29.4 Å². The maximum atomic E-state index is 11.1.